The summed E-state index contributed by atoms with van der Waals surface area (Å²) in [6, 6.07) is 4.90. The standard InChI is InChI=1S/C15H10FN3O3S/c1-9-8-23-15(18-9)12(7-17)14(20)5-3-10-2-4-11(16)6-13(10)19(21)22/h2-6,8,12H,1H3. The van der Waals surface area contributed by atoms with Crippen LogP contribution in [0.15, 0.2) is 29.7 Å². The lowest BCUT2D eigenvalue weighted by molar-refractivity contribution is -0.385. The topological polar surface area (TPSA) is 96.9 Å². The summed E-state index contributed by atoms with van der Waals surface area (Å²) in [7, 11) is 0. The van der Waals surface area contributed by atoms with Crippen molar-refractivity contribution in [2.24, 2.45) is 0 Å². The molecule has 8 heteroatoms. The average Bonchev–Trinajstić information content (AvgIpc) is 2.92. The summed E-state index contributed by atoms with van der Waals surface area (Å²) >= 11 is 1.20. The molecule has 23 heavy (non-hydrogen) atoms. The summed E-state index contributed by atoms with van der Waals surface area (Å²) < 4.78 is 13.1. The van der Waals surface area contributed by atoms with Gasteiger partial charge in [-0.05, 0) is 31.2 Å². The van der Waals surface area contributed by atoms with Crippen LogP contribution in [-0.2, 0) is 4.79 Å². The Hall–Kier alpha value is -2.92. The lowest BCUT2D eigenvalue weighted by Gasteiger charge is -2.01. The molecule has 1 aromatic carbocycles. The van der Waals surface area contributed by atoms with E-state index in [4.69, 9.17) is 5.26 Å². The number of nitrogens with zero attached hydrogens (tertiary/aromatic N) is 3. The number of hydrogen-bond acceptors (Lipinski definition) is 6. The van der Waals surface area contributed by atoms with Crippen LogP contribution in [0.2, 0.25) is 0 Å². The molecule has 6 nitrogen and oxygen atoms in total. The number of benzene rings is 1. The Morgan fingerprint density at radius 2 is 2.30 bits per heavy atom. The number of allylic oxidation sites excluding steroid dienone is 1. The molecular formula is C15H10FN3O3S. The lowest BCUT2D eigenvalue weighted by atomic mass is 10.0. The second-order valence-electron chi connectivity index (χ2n) is 4.59. The molecule has 2 aromatic rings. The van der Waals surface area contributed by atoms with Gasteiger partial charge in [0.05, 0.1) is 22.6 Å². The number of halogens is 1. The van der Waals surface area contributed by atoms with Gasteiger partial charge in [-0.3, -0.25) is 14.9 Å². The molecule has 0 bridgehead atoms. The van der Waals surface area contributed by atoms with E-state index in [9.17, 15) is 19.3 Å². The number of nitriles is 1. The molecule has 0 aliphatic heterocycles. The van der Waals surface area contributed by atoms with Crippen molar-refractivity contribution in [2.75, 3.05) is 0 Å². The molecule has 0 saturated carbocycles. The molecule has 0 N–H and O–H groups in total. The SMILES string of the molecule is Cc1csc(C(C#N)C(=O)C=Cc2ccc(F)cc2[N+](=O)[O-])n1. The normalized spacial score (nSPS) is 12.0. The summed E-state index contributed by atoms with van der Waals surface area (Å²) in [6.45, 7) is 1.75. The van der Waals surface area contributed by atoms with Gasteiger partial charge in [-0.15, -0.1) is 11.3 Å². The number of nitro benzene ring substituents is 1. The van der Waals surface area contributed by atoms with Crippen LogP contribution in [0.3, 0.4) is 0 Å². The number of aryl methyl sites for hydroxylation is 1. The van der Waals surface area contributed by atoms with Crippen LogP contribution in [-0.4, -0.2) is 15.7 Å². The molecule has 1 aromatic heterocycles. The molecular weight excluding hydrogens is 321 g/mol. The van der Waals surface area contributed by atoms with Crippen molar-refractivity contribution in [1.29, 1.82) is 5.26 Å². The minimum absolute atomic E-state index is 0.0803. The van der Waals surface area contributed by atoms with Crippen molar-refractivity contribution >= 4 is 28.9 Å². The Morgan fingerprint density at radius 1 is 1.57 bits per heavy atom. The molecule has 1 unspecified atom stereocenters. The van der Waals surface area contributed by atoms with E-state index in [1.165, 1.54) is 23.5 Å². The highest BCUT2D eigenvalue weighted by atomic mass is 32.1. The predicted molar refractivity (Wildman–Crippen MR) is 82.3 cm³/mol. The first-order chi connectivity index (χ1) is 10.9. The number of carbonyl (C=O) groups excluding carboxylic acids is 1. The monoisotopic (exact) mass is 331 g/mol. The number of nitro groups is 1. The van der Waals surface area contributed by atoms with E-state index in [-0.39, 0.29) is 5.56 Å². The largest absolute Gasteiger partial charge is 0.293 e. The average molecular weight is 331 g/mol. The maximum atomic E-state index is 13.1. The minimum atomic E-state index is -1.07. The van der Waals surface area contributed by atoms with Crippen LogP contribution < -0.4 is 0 Å². The van der Waals surface area contributed by atoms with Gasteiger partial charge in [-0.25, -0.2) is 9.37 Å². The van der Waals surface area contributed by atoms with Crippen LogP contribution >= 0.6 is 11.3 Å². The smallest absolute Gasteiger partial charge is 0.279 e. The first kappa shape index (κ1) is 16.5. The van der Waals surface area contributed by atoms with E-state index < -0.39 is 28.1 Å². The van der Waals surface area contributed by atoms with Gasteiger partial charge in [0, 0.05) is 11.1 Å². The summed E-state index contributed by atoms with van der Waals surface area (Å²) in [6.07, 6.45) is 2.27. The highest BCUT2D eigenvalue weighted by Gasteiger charge is 2.21. The van der Waals surface area contributed by atoms with Crippen molar-refractivity contribution in [3.05, 3.63) is 61.9 Å². The molecule has 0 saturated heterocycles. The highest BCUT2D eigenvalue weighted by molar-refractivity contribution is 7.10. The maximum Gasteiger partial charge on any atom is 0.279 e. The quantitative estimate of drug-likeness (QED) is 0.475. The zero-order valence-electron chi connectivity index (χ0n) is 11.9. The fourth-order valence-electron chi connectivity index (χ4n) is 1.83. The lowest BCUT2D eigenvalue weighted by Crippen LogP contribution is -2.07. The van der Waals surface area contributed by atoms with E-state index in [0.717, 1.165) is 18.2 Å². The summed E-state index contributed by atoms with van der Waals surface area (Å²) in [5, 5.41) is 22.1. The first-order valence-electron chi connectivity index (χ1n) is 6.40. The molecule has 0 fully saturated rings. The molecule has 1 atom stereocenters. The molecule has 0 aliphatic carbocycles. The third-order valence-corrected chi connectivity index (χ3v) is 3.94. The van der Waals surface area contributed by atoms with Gasteiger partial charge in [0.25, 0.3) is 5.69 Å². The highest BCUT2D eigenvalue weighted by Crippen LogP contribution is 2.24. The molecule has 116 valence electrons. The van der Waals surface area contributed by atoms with Gasteiger partial charge in [-0.1, -0.05) is 0 Å². The van der Waals surface area contributed by atoms with E-state index in [0.29, 0.717) is 10.7 Å². The Morgan fingerprint density at radius 3 is 2.87 bits per heavy atom. The zero-order chi connectivity index (χ0) is 17.0. The van der Waals surface area contributed by atoms with Gasteiger partial charge < -0.3 is 0 Å². The summed E-state index contributed by atoms with van der Waals surface area (Å²) in [5.41, 5.74) is 0.334. The Balaban J connectivity index is 2.28. The van der Waals surface area contributed by atoms with Gasteiger partial charge >= 0.3 is 0 Å². The van der Waals surface area contributed by atoms with Crippen molar-refractivity contribution in [3.8, 4) is 6.07 Å². The number of rotatable bonds is 5. The molecule has 0 radical (unpaired) electrons. The number of carbonyl (C=O) groups is 1. The van der Waals surface area contributed by atoms with Gasteiger partial charge in [0.2, 0.25) is 0 Å². The van der Waals surface area contributed by atoms with E-state index in [1.807, 2.05) is 6.07 Å². The molecule has 0 aliphatic rings. The van der Waals surface area contributed by atoms with E-state index >= 15 is 0 Å². The van der Waals surface area contributed by atoms with Crippen molar-refractivity contribution in [3.63, 3.8) is 0 Å². The zero-order valence-corrected chi connectivity index (χ0v) is 12.7. The second-order valence-corrected chi connectivity index (χ2v) is 5.47. The van der Waals surface area contributed by atoms with Crippen LogP contribution in [0.25, 0.3) is 6.08 Å². The molecule has 0 amide bonds. The molecule has 1 heterocycles. The van der Waals surface area contributed by atoms with Crippen LogP contribution in [0.4, 0.5) is 10.1 Å². The third-order valence-electron chi connectivity index (χ3n) is 2.91. The van der Waals surface area contributed by atoms with E-state index in [2.05, 4.69) is 4.98 Å². The summed E-state index contributed by atoms with van der Waals surface area (Å²) in [4.78, 5) is 26.4. The maximum absolute atomic E-state index is 13.1. The van der Waals surface area contributed by atoms with Crippen molar-refractivity contribution in [1.82, 2.24) is 4.98 Å². The molecule has 2 rings (SSSR count). The van der Waals surface area contributed by atoms with E-state index in [1.54, 1.807) is 12.3 Å². The molecule has 0 spiro atoms. The Kier molecular flexibility index (Phi) is 4.93. The fraction of sp³-hybridized carbons (Fsp3) is 0.133. The number of hydrogen-bond donors (Lipinski definition) is 0. The summed E-state index contributed by atoms with van der Waals surface area (Å²) in [5.74, 6) is -2.35. The predicted octanol–water partition coefficient (Wildman–Crippen LogP) is 3.39. The Bertz CT molecular complexity index is 839. The van der Waals surface area contributed by atoms with Gasteiger partial charge in [-0.2, -0.15) is 5.26 Å². The van der Waals surface area contributed by atoms with Crippen molar-refractivity contribution in [2.45, 2.75) is 12.8 Å². The van der Waals surface area contributed by atoms with Gasteiger partial charge in [0.15, 0.2) is 11.7 Å². The van der Waals surface area contributed by atoms with Crippen LogP contribution in [0, 0.1) is 34.2 Å². The van der Waals surface area contributed by atoms with Crippen LogP contribution in [0.1, 0.15) is 22.2 Å². The number of thiazole rings is 1. The Labute approximate surface area is 134 Å². The number of aromatic nitrogens is 1. The first-order valence-corrected chi connectivity index (χ1v) is 7.28. The number of ketones is 1. The minimum Gasteiger partial charge on any atom is -0.293 e. The second kappa shape index (κ2) is 6.89. The van der Waals surface area contributed by atoms with Crippen molar-refractivity contribution < 1.29 is 14.1 Å². The third kappa shape index (κ3) is 3.84. The van der Waals surface area contributed by atoms with Gasteiger partial charge in [0.1, 0.15) is 10.8 Å². The fourth-order valence-corrected chi connectivity index (χ4v) is 2.67. The van der Waals surface area contributed by atoms with Crippen LogP contribution in [0.5, 0.6) is 0 Å².